The second kappa shape index (κ2) is 5.33. The molecular formula is C12H10N2O5S. The Kier molecular flexibility index (Phi) is 3.75. The Morgan fingerprint density at radius 1 is 1.45 bits per heavy atom. The number of carboxylic acid groups (broad SMARTS) is 1. The van der Waals surface area contributed by atoms with Gasteiger partial charge in [-0.1, -0.05) is 0 Å². The number of nitro benzene ring substituents is 1. The number of nitrogens with zero attached hydrogens (tertiary/aromatic N) is 2. The Balaban J connectivity index is 2.36. The molecule has 104 valence electrons. The molecule has 7 nitrogen and oxygen atoms in total. The number of nitro groups is 1. The molecule has 20 heavy (non-hydrogen) atoms. The number of rotatable bonds is 4. The quantitative estimate of drug-likeness (QED) is 0.682. The van der Waals surface area contributed by atoms with Crippen molar-refractivity contribution in [3.63, 3.8) is 0 Å². The summed E-state index contributed by atoms with van der Waals surface area (Å²) in [6.45, 7) is 3.56. The van der Waals surface area contributed by atoms with Crippen molar-refractivity contribution in [2.75, 3.05) is 0 Å². The van der Waals surface area contributed by atoms with Gasteiger partial charge in [0.05, 0.1) is 10.6 Å². The van der Waals surface area contributed by atoms with Crippen molar-refractivity contribution in [1.82, 2.24) is 4.98 Å². The lowest BCUT2D eigenvalue weighted by atomic mass is 10.2. The zero-order valence-electron chi connectivity index (χ0n) is 10.6. The van der Waals surface area contributed by atoms with Crippen LogP contribution in [0.4, 0.5) is 5.69 Å². The molecule has 0 amide bonds. The van der Waals surface area contributed by atoms with Gasteiger partial charge in [0.15, 0.2) is 0 Å². The molecule has 2 aromatic rings. The molecule has 0 aliphatic carbocycles. The summed E-state index contributed by atoms with van der Waals surface area (Å²) >= 11 is 1.10. The van der Waals surface area contributed by atoms with Crippen molar-refractivity contribution in [3.8, 4) is 0 Å². The van der Waals surface area contributed by atoms with E-state index >= 15 is 0 Å². The van der Waals surface area contributed by atoms with Gasteiger partial charge in [0.25, 0.3) is 10.9 Å². The maximum absolute atomic E-state index is 10.9. The van der Waals surface area contributed by atoms with Gasteiger partial charge in [-0.2, -0.15) is 0 Å². The van der Waals surface area contributed by atoms with E-state index in [9.17, 15) is 14.9 Å². The lowest BCUT2D eigenvalue weighted by Crippen LogP contribution is -2.02. The van der Waals surface area contributed by atoms with Gasteiger partial charge in [-0.15, -0.1) is 0 Å². The Morgan fingerprint density at radius 2 is 2.15 bits per heavy atom. The van der Waals surface area contributed by atoms with Crippen LogP contribution in [-0.2, 0) is 0 Å². The number of carbonyl (C=O) groups is 1. The van der Waals surface area contributed by atoms with Gasteiger partial charge in [-0.3, -0.25) is 10.1 Å². The number of aryl methyl sites for hydroxylation is 2. The monoisotopic (exact) mass is 294 g/mol. The van der Waals surface area contributed by atoms with E-state index in [0.717, 1.165) is 17.5 Å². The van der Waals surface area contributed by atoms with Gasteiger partial charge in [0.2, 0.25) is 0 Å². The molecule has 0 aliphatic heterocycles. The molecule has 0 saturated carbocycles. The van der Waals surface area contributed by atoms with E-state index in [1.807, 2.05) is 0 Å². The summed E-state index contributed by atoms with van der Waals surface area (Å²) in [7, 11) is 0. The average molecular weight is 294 g/mol. The third-order valence-electron chi connectivity index (χ3n) is 2.61. The highest BCUT2D eigenvalue weighted by Crippen LogP contribution is 2.32. The topological polar surface area (TPSA) is 106 Å². The fourth-order valence-corrected chi connectivity index (χ4v) is 2.35. The van der Waals surface area contributed by atoms with Gasteiger partial charge < -0.3 is 9.52 Å². The van der Waals surface area contributed by atoms with Crippen LogP contribution in [0.15, 0.2) is 32.7 Å². The van der Waals surface area contributed by atoms with Gasteiger partial charge in [-0.25, -0.2) is 9.78 Å². The van der Waals surface area contributed by atoms with E-state index in [-0.39, 0.29) is 5.56 Å². The van der Waals surface area contributed by atoms with Crippen LogP contribution in [0.3, 0.4) is 0 Å². The van der Waals surface area contributed by atoms with Crippen LogP contribution in [0, 0.1) is 24.0 Å². The summed E-state index contributed by atoms with van der Waals surface area (Å²) in [5, 5.41) is 20.1. The normalized spacial score (nSPS) is 10.5. The Morgan fingerprint density at radius 3 is 2.65 bits per heavy atom. The van der Waals surface area contributed by atoms with Crippen molar-refractivity contribution in [2.24, 2.45) is 0 Å². The van der Waals surface area contributed by atoms with Crippen molar-refractivity contribution in [2.45, 2.75) is 24.0 Å². The number of aromatic nitrogens is 1. The number of hydrogen-bond donors (Lipinski definition) is 1. The van der Waals surface area contributed by atoms with Crippen molar-refractivity contribution < 1.29 is 19.2 Å². The molecule has 0 unspecified atom stereocenters. The summed E-state index contributed by atoms with van der Waals surface area (Å²) < 4.78 is 5.36. The van der Waals surface area contributed by atoms with Crippen LogP contribution in [0.1, 0.15) is 21.8 Å². The lowest BCUT2D eigenvalue weighted by Gasteiger charge is -2.01. The third kappa shape index (κ3) is 2.80. The van der Waals surface area contributed by atoms with Gasteiger partial charge in [0, 0.05) is 11.0 Å². The smallest absolute Gasteiger partial charge is 0.342 e. The van der Waals surface area contributed by atoms with Gasteiger partial charge >= 0.3 is 5.97 Å². The zero-order valence-corrected chi connectivity index (χ0v) is 11.4. The number of benzene rings is 1. The molecule has 0 spiro atoms. The molecule has 0 fully saturated rings. The minimum absolute atomic E-state index is 0.348. The molecule has 0 bridgehead atoms. The fraction of sp³-hybridized carbons (Fsp3) is 0.167. The van der Waals surface area contributed by atoms with Crippen LogP contribution in [-0.4, -0.2) is 21.0 Å². The standard InChI is InChI=1S/C12H10N2O5S/c1-6-7(2)19-12(13-6)20-8-3-4-9(11(15)16)10(5-8)14(17)18/h3-5H,1-2H3,(H,15,16). The van der Waals surface area contributed by atoms with Gasteiger partial charge in [0.1, 0.15) is 11.3 Å². The van der Waals surface area contributed by atoms with E-state index in [1.165, 1.54) is 18.2 Å². The maximum Gasteiger partial charge on any atom is 0.342 e. The molecular weight excluding hydrogens is 284 g/mol. The number of aromatic carboxylic acids is 1. The molecule has 0 saturated heterocycles. The number of hydrogen-bond acceptors (Lipinski definition) is 6. The summed E-state index contributed by atoms with van der Waals surface area (Å²) in [6, 6.07) is 3.88. The van der Waals surface area contributed by atoms with Crippen LogP contribution >= 0.6 is 11.8 Å². The zero-order chi connectivity index (χ0) is 14.9. The van der Waals surface area contributed by atoms with E-state index in [1.54, 1.807) is 13.8 Å². The predicted molar refractivity (Wildman–Crippen MR) is 70.2 cm³/mol. The molecule has 0 aliphatic rings. The van der Waals surface area contributed by atoms with Gasteiger partial charge in [-0.05, 0) is 37.7 Å². The molecule has 1 N–H and O–H groups in total. The number of oxazole rings is 1. The Hall–Kier alpha value is -2.35. The first-order valence-corrected chi connectivity index (χ1v) is 6.33. The number of carboxylic acids is 1. The molecule has 8 heteroatoms. The summed E-state index contributed by atoms with van der Waals surface area (Å²) in [6.07, 6.45) is 0. The average Bonchev–Trinajstić information content (AvgIpc) is 2.67. The first-order chi connectivity index (χ1) is 9.38. The highest BCUT2D eigenvalue weighted by atomic mass is 32.2. The second-order valence-corrected chi connectivity index (χ2v) is 4.99. The van der Waals surface area contributed by atoms with Crippen LogP contribution in [0.25, 0.3) is 0 Å². The highest BCUT2D eigenvalue weighted by molar-refractivity contribution is 7.99. The fourth-order valence-electron chi connectivity index (χ4n) is 1.49. The molecule has 1 aromatic heterocycles. The van der Waals surface area contributed by atoms with Crippen LogP contribution in [0.5, 0.6) is 0 Å². The Labute approximate surface area is 117 Å². The van der Waals surface area contributed by atoms with Crippen molar-refractivity contribution in [1.29, 1.82) is 0 Å². The highest BCUT2D eigenvalue weighted by Gasteiger charge is 2.21. The second-order valence-electron chi connectivity index (χ2n) is 3.96. The third-order valence-corrected chi connectivity index (χ3v) is 3.45. The molecule has 0 atom stereocenters. The first-order valence-electron chi connectivity index (χ1n) is 5.52. The maximum atomic E-state index is 10.9. The molecule has 2 rings (SSSR count). The van der Waals surface area contributed by atoms with Crippen LogP contribution < -0.4 is 0 Å². The van der Waals surface area contributed by atoms with Crippen LogP contribution in [0.2, 0.25) is 0 Å². The van der Waals surface area contributed by atoms with E-state index in [2.05, 4.69) is 4.98 Å². The first kappa shape index (κ1) is 14.1. The van der Waals surface area contributed by atoms with E-state index in [0.29, 0.717) is 15.9 Å². The minimum Gasteiger partial charge on any atom is -0.477 e. The largest absolute Gasteiger partial charge is 0.477 e. The Bertz CT molecular complexity index is 676. The van der Waals surface area contributed by atoms with Crippen molar-refractivity contribution >= 4 is 23.4 Å². The molecule has 1 heterocycles. The lowest BCUT2D eigenvalue weighted by molar-refractivity contribution is -0.385. The summed E-state index contributed by atoms with van der Waals surface area (Å²) in [5.41, 5.74) is -0.0641. The predicted octanol–water partition coefficient (Wildman–Crippen LogP) is 3.05. The van der Waals surface area contributed by atoms with Crippen molar-refractivity contribution in [3.05, 3.63) is 45.3 Å². The molecule has 0 radical (unpaired) electrons. The minimum atomic E-state index is -1.34. The van der Waals surface area contributed by atoms with E-state index < -0.39 is 16.6 Å². The molecule has 1 aromatic carbocycles. The summed E-state index contributed by atoms with van der Waals surface area (Å²) in [5.74, 6) is -0.666. The SMILES string of the molecule is Cc1nc(Sc2ccc(C(=O)O)c([N+](=O)[O-])c2)oc1C. The van der Waals surface area contributed by atoms with E-state index in [4.69, 9.17) is 9.52 Å². The summed E-state index contributed by atoms with van der Waals surface area (Å²) in [4.78, 5) is 25.7.